The highest BCUT2D eigenvalue weighted by molar-refractivity contribution is 5.80. The molecule has 0 aromatic heterocycles. The van der Waals surface area contributed by atoms with Gasteiger partial charge in [0.1, 0.15) is 18.2 Å². The van der Waals surface area contributed by atoms with E-state index in [2.05, 4.69) is 17.2 Å². The van der Waals surface area contributed by atoms with Gasteiger partial charge in [-0.15, -0.1) is 0 Å². The van der Waals surface area contributed by atoms with E-state index in [9.17, 15) is 0 Å². The van der Waals surface area contributed by atoms with E-state index in [1.54, 1.807) is 6.92 Å². The third-order valence-electron chi connectivity index (χ3n) is 2.61. The van der Waals surface area contributed by atoms with Crippen LogP contribution in [0.4, 0.5) is 0 Å². The summed E-state index contributed by atoms with van der Waals surface area (Å²) in [6.07, 6.45) is 2.73. The van der Waals surface area contributed by atoms with Crippen LogP contribution in [0.25, 0.3) is 0 Å². The normalized spacial score (nSPS) is 12.7. The Kier molecular flexibility index (Phi) is 5.72. The van der Waals surface area contributed by atoms with Crippen molar-refractivity contribution in [1.82, 2.24) is 5.32 Å². The quantitative estimate of drug-likeness (QED) is 0.375. The summed E-state index contributed by atoms with van der Waals surface area (Å²) in [5.41, 5.74) is 1.11. The molecule has 1 rings (SSSR count). The van der Waals surface area contributed by atoms with Crippen LogP contribution < -0.4 is 10.1 Å². The van der Waals surface area contributed by atoms with Crippen LogP contribution in [0.5, 0.6) is 5.75 Å². The summed E-state index contributed by atoms with van der Waals surface area (Å²) in [7, 11) is 0. The molecule has 4 heteroatoms. The molecule has 0 aliphatic rings. The number of ether oxygens (including phenoxy) is 1. The van der Waals surface area contributed by atoms with Crippen molar-refractivity contribution >= 4 is 5.84 Å². The third kappa shape index (κ3) is 4.46. The van der Waals surface area contributed by atoms with Gasteiger partial charge in [-0.2, -0.15) is 5.26 Å². The number of nitrogens with zero attached hydrogens (tertiary/aromatic N) is 2. The first kappa shape index (κ1) is 14.0. The molecule has 18 heavy (non-hydrogen) atoms. The molecule has 1 atom stereocenters. The summed E-state index contributed by atoms with van der Waals surface area (Å²) in [5.74, 6) is 1.51. The number of aryl methyl sites for hydroxylation is 1. The van der Waals surface area contributed by atoms with Crippen molar-refractivity contribution in [2.75, 3.05) is 6.61 Å². The number of rotatable bonds is 5. The van der Waals surface area contributed by atoms with E-state index < -0.39 is 0 Å². The molecule has 0 saturated carbocycles. The second kappa shape index (κ2) is 7.33. The average Bonchev–Trinajstić information content (AvgIpc) is 2.36. The van der Waals surface area contributed by atoms with Gasteiger partial charge in [0.25, 0.3) is 0 Å². The Morgan fingerprint density at radius 1 is 1.50 bits per heavy atom. The van der Waals surface area contributed by atoms with Crippen LogP contribution in [0.3, 0.4) is 0 Å². The molecule has 0 aliphatic heterocycles. The highest BCUT2D eigenvalue weighted by Crippen LogP contribution is 2.16. The zero-order chi connectivity index (χ0) is 13.4. The fourth-order valence-corrected chi connectivity index (χ4v) is 1.54. The van der Waals surface area contributed by atoms with Crippen LogP contribution in [0, 0.1) is 18.4 Å². The van der Waals surface area contributed by atoms with E-state index in [0.717, 1.165) is 17.7 Å². The second-order valence-electron chi connectivity index (χ2n) is 4.09. The summed E-state index contributed by atoms with van der Waals surface area (Å²) in [4.78, 5) is 4.39. The zero-order valence-corrected chi connectivity index (χ0v) is 11.1. The molecule has 1 aromatic rings. The van der Waals surface area contributed by atoms with E-state index in [1.165, 1.54) is 0 Å². The van der Waals surface area contributed by atoms with Crippen molar-refractivity contribution in [3.63, 3.8) is 0 Å². The lowest BCUT2D eigenvalue weighted by Crippen LogP contribution is -2.21. The standard InChI is InChI=1S/C14H19N3O/c1-4-13(17-12(3)16-10-15)9-18-14-8-6-5-7-11(14)2/h5-8,13H,4,9H2,1-3H3,(H,16,17)/t13-/m1/s1. The SMILES string of the molecule is CC[C@H](COc1ccccc1C)N=C(C)NC#N. The first-order valence-electron chi connectivity index (χ1n) is 6.05. The van der Waals surface area contributed by atoms with Crippen molar-refractivity contribution in [3.8, 4) is 11.9 Å². The molecule has 0 bridgehead atoms. The van der Waals surface area contributed by atoms with Crippen molar-refractivity contribution in [2.45, 2.75) is 33.2 Å². The van der Waals surface area contributed by atoms with Gasteiger partial charge in [-0.05, 0) is 31.9 Å². The van der Waals surface area contributed by atoms with Crippen LogP contribution in [-0.2, 0) is 0 Å². The number of para-hydroxylation sites is 1. The predicted octanol–water partition coefficient (Wildman–Crippen LogP) is 2.64. The molecule has 0 saturated heterocycles. The first-order chi connectivity index (χ1) is 8.67. The number of hydrogen-bond donors (Lipinski definition) is 1. The Morgan fingerprint density at radius 3 is 2.83 bits per heavy atom. The van der Waals surface area contributed by atoms with Gasteiger partial charge in [-0.3, -0.25) is 10.3 Å². The van der Waals surface area contributed by atoms with Gasteiger partial charge in [-0.1, -0.05) is 25.1 Å². The average molecular weight is 245 g/mol. The maximum Gasteiger partial charge on any atom is 0.182 e. The summed E-state index contributed by atoms with van der Waals surface area (Å²) in [6.45, 7) is 6.36. The minimum Gasteiger partial charge on any atom is -0.491 e. The molecule has 1 aromatic carbocycles. The Bertz CT molecular complexity index is 449. The van der Waals surface area contributed by atoms with Crippen LogP contribution in [-0.4, -0.2) is 18.5 Å². The highest BCUT2D eigenvalue weighted by atomic mass is 16.5. The van der Waals surface area contributed by atoms with Crippen molar-refractivity contribution in [1.29, 1.82) is 5.26 Å². The van der Waals surface area contributed by atoms with E-state index in [1.807, 2.05) is 37.4 Å². The third-order valence-corrected chi connectivity index (χ3v) is 2.61. The summed E-state index contributed by atoms with van der Waals surface area (Å²) in [6, 6.07) is 7.97. The maximum absolute atomic E-state index is 8.49. The van der Waals surface area contributed by atoms with Crippen LogP contribution in [0.1, 0.15) is 25.8 Å². The van der Waals surface area contributed by atoms with E-state index in [-0.39, 0.29) is 6.04 Å². The first-order valence-corrected chi connectivity index (χ1v) is 6.05. The summed E-state index contributed by atoms with van der Waals surface area (Å²) in [5, 5.41) is 11.0. The van der Waals surface area contributed by atoms with Crippen LogP contribution >= 0.6 is 0 Å². The monoisotopic (exact) mass is 245 g/mol. The molecule has 1 N–H and O–H groups in total. The lowest BCUT2D eigenvalue weighted by Gasteiger charge is -2.14. The molecule has 0 aliphatic carbocycles. The molecular formula is C14H19N3O. The van der Waals surface area contributed by atoms with E-state index in [0.29, 0.717) is 12.4 Å². The van der Waals surface area contributed by atoms with Gasteiger partial charge < -0.3 is 4.74 Å². The zero-order valence-electron chi connectivity index (χ0n) is 11.1. The van der Waals surface area contributed by atoms with Gasteiger partial charge in [0, 0.05) is 0 Å². The number of nitriles is 1. The fraction of sp³-hybridized carbons (Fsp3) is 0.429. The topological polar surface area (TPSA) is 57.4 Å². The highest BCUT2D eigenvalue weighted by Gasteiger charge is 2.07. The number of nitrogens with one attached hydrogen (secondary N) is 1. The maximum atomic E-state index is 8.49. The second-order valence-corrected chi connectivity index (χ2v) is 4.09. The Hall–Kier alpha value is -2.02. The van der Waals surface area contributed by atoms with Crippen molar-refractivity contribution in [3.05, 3.63) is 29.8 Å². The molecule has 4 nitrogen and oxygen atoms in total. The van der Waals surface area contributed by atoms with E-state index in [4.69, 9.17) is 10.00 Å². The number of hydrogen-bond acceptors (Lipinski definition) is 3. The number of aliphatic imine (C=N–C) groups is 1. The molecule has 96 valence electrons. The van der Waals surface area contributed by atoms with Gasteiger partial charge in [-0.25, -0.2) is 0 Å². The smallest absolute Gasteiger partial charge is 0.182 e. The Balaban J connectivity index is 2.58. The minimum absolute atomic E-state index is 0.0606. The largest absolute Gasteiger partial charge is 0.491 e. The Labute approximate surface area is 108 Å². The van der Waals surface area contributed by atoms with E-state index >= 15 is 0 Å². The molecular weight excluding hydrogens is 226 g/mol. The van der Waals surface area contributed by atoms with Gasteiger partial charge in [0.15, 0.2) is 6.19 Å². The molecule has 0 fully saturated rings. The predicted molar refractivity (Wildman–Crippen MR) is 72.6 cm³/mol. The fourth-order valence-electron chi connectivity index (χ4n) is 1.54. The van der Waals surface area contributed by atoms with Gasteiger partial charge >= 0.3 is 0 Å². The van der Waals surface area contributed by atoms with Gasteiger partial charge in [0.2, 0.25) is 0 Å². The Morgan fingerprint density at radius 2 is 2.22 bits per heavy atom. The van der Waals surface area contributed by atoms with Crippen LogP contribution in [0.15, 0.2) is 29.3 Å². The van der Waals surface area contributed by atoms with Crippen molar-refractivity contribution < 1.29 is 4.74 Å². The number of benzene rings is 1. The molecule has 0 radical (unpaired) electrons. The van der Waals surface area contributed by atoms with Gasteiger partial charge in [0.05, 0.1) is 6.04 Å². The molecule has 0 spiro atoms. The minimum atomic E-state index is 0.0606. The summed E-state index contributed by atoms with van der Waals surface area (Å²) >= 11 is 0. The molecule has 0 amide bonds. The lowest BCUT2D eigenvalue weighted by atomic mass is 10.2. The summed E-state index contributed by atoms with van der Waals surface area (Å²) < 4.78 is 5.75. The van der Waals surface area contributed by atoms with Crippen molar-refractivity contribution in [2.24, 2.45) is 4.99 Å². The molecule has 0 unspecified atom stereocenters. The lowest BCUT2D eigenvalue weighted by molar-refractivity contribution is 0.284. The molecule has 0 heterocycles. The number of amidine groups is 1. The van der Waals surface area contributed by atoms with Crippen LogP contribution in [0.2, 0.25) is 0 Å².